The predicted molar refractivity (Wildman–Crippen MR) is 223 cm³/mol. The van der Waals surface area contributed by atoms with E-state index in [1.807, 2.05) is 51.7 Å². The Balaban J connectivity index is 0.000000185. The van der Waals surface area contributed by atoms with Gasteiger partial charge in [-0.15, -0.1) is 12.4 Å². The Morgan fingerprint density at radius 3 is 1.55 bits per heavy atom. The molecule has 0 unspecified atom stereocenters. The third kappa shape index (κ3) is 9.20. The highest BCUT2D eigenvalue weighted by Crippen LogP contribution is 2.38. The van der Waals surface area contributed by atoms with Crippen molar-refractivity contribution in [2.45, 2.75) is 110 Å². The number of para-hydroxylation sites is 2. The van der Waals surface area contributed by atoms with Crippen LogP contribution in [0.4, 0.5) is 11.4 Å². The van der Waals surface area contributed by atoms with Crippen LogP contribution in [0.2, 0.25) is 0 Å². The second-order valence-electron chi connectivity index (χ2n) is 16.9. The number of anilines is 2. The topological polar surface area (TPSA) is 102 Å². The molecule has 0 radical (unpaired) electrons. The lowest BCUT2D eigenvalue weighted by atomic mass is 9.79. The van der Waals surface area contributed by atoms with Crippen molar-refractivity contribution < 1.29 is 9.59 Å². The van der Waals surface area contributed by atoms with Crippen LogP contribution in [-0.2, 0) is 49.6 Å². The number of halogens is 1. The first kappa shape index (κ1) is 40.7. The highest BCUT2D eigenvalue weighted by atomic mass is 35.5. The second kappa shape index (κ2) is 18.3. The van der Waals surface area contributed by atoms with Crippen LogP contribution in [0, 0.1) is 29.6 Å². The number of aryl methyl sites for hydroxylation is 2. The van der Waals surface area contributed by atoms with E-state index in [1.54, 1.807) is 0 Å². The number of hydrogen-bond donors (Lipinski definition) is 1. The number of aromatic nitrogens is 4. The molecule has 4 heterocycles. The lowest BCUT2D eigenvalue weighted by molar-refractivity contribution is -0.124. The third-order valence-electron chi connectivity index (χ3n) is 12.9. The van der Waals surface area contributed by atoms with Crippen LogP contribution in [0.15, 0.2) is 60.9 Å². The molecule has 2 saturated carbocycles. The van der Waals surface area contributed by atoms with Crippen molar-refractivity contribution in [3.63, 3.8) is 0 Å². The Morgan fingerprint density at radius 2 is 1.11 bits per heavy atom. The summed E-state index contributed by atoms with van der Waals surface area (Å²) in [5, 5.41) is 8.85. The maximum Gasteiger partial charge on any atom is 0.230 e. The molecule has 0 saturated heterocycles. The van der Waals surface area contributed by atoms with E-state index in [-0.39, 0.29) is 30.2 Å². The van der Waals surface area contributed by atoms with Gasteiger partial charge in [-0.2, -0.15) is 10.2 Å². The van der Waals surface area contributed by atoms with Crippen LogP contribution in [0.25, 0.3) is 0 Å². The van der Waals surface area contributed by atoms with Crippen LogP contribution in [-0.4, -0.2) is 37.9 Å². The van der Waals surface area contributed by atoms with Gasteiger partial charge >= 0.3 is 0 Å². The number of benzene rings is 2. The largest absolute Gasteiger partial charge is 0.330 e. The zero-order valence-corrected chi connectivity index (χ0v) is 34.3. The van der Waals surface area contributed by atoms with Crippen LogP contribution >= 0.6 is 12.4 Å². The summed E-state index contributed by atoms with van der Waals surface area (Å²) in [6.07, 6.45) is 18.1. The molecule has 4 aliphatic rings. The van der Waals surface area contributed by atoms with Gasteiger partial charge in [0.2, 0.25) is 11.8 Å². The minimum atomic E-state index is 0. The van der Waals surface area contributed by atoms with E-state index in [4.69, 9.17) is 5.73 Å². The lowest BCUT2D eigenvalue weighted by Gasteiger charge is -2.32. The van der Waals surface area contributed by atoms with Gasteiger partial charge < -0.3 is 15.5 Å². The molecule has 2 aromatic carbocycles. The van der Waals surface area contributed by atoms with Crippen molar-refractivity contribution in [3.8, 4) is 0 Å². The minimum absolute atomic E-state index is 0. The number of nitrogens with two attached hydrogens (primary N) is 1. The molecular weight excluding hydrogens is 706 g/mol. The molecule has 2 aromatic heterocycles. The molecule has 0 atom stereocenters. The fraction of sp³-hybridized carbons (Fsp3) is 0.556. The highest BCUT2D eigenvalue weighted by Gasteiger charge is 2.34. The van der Waals surface area contributed by atoms with E-state index in [1.165, 1.54) is 60.2 Å². The van der Waals surface area contributed by atoms with Crippen molar-refractivity contribution in [3.05, 3.63) is 94.6 Å². The fourth-order valence-corrected chi connectivity index (χ4v) is 9.45. The number of carbonyl (C=O) groups is 2. The van der Waals surface area contributed by atoms with Crippen LogP contribution in [0.3, 0.4) is 0 Å². The van der Waals surface area contributed by atoms with Gasteiger partial charge in [0.15, 0.2) is 0 Å². The molecule has 0 bridgehead atoms. The molecule has 2 fully saturated rings. The molecular formula is C45H62ClN7O2. The van der Waals surface area contributed by atoms with Crippen LogP contribution < -0.4 is 15.5 Å². The first-order chi connectivity index (χ1) is 26.2. The van der Waals surface area contributed by atoms with Gasteiger partial charge in [-0.25, -0.2) is 0 Å². The Hall–Kier alpha value is -3.95. The van der Waals surface area contributed by atoms with Crippen LogP contribution in [0.5, 0.6) is 0 Å². The van der Waals surface area contributed by atoms with Gasteiger partial charge in [-0.3, -0.25) is 19.0 Å². The van der Waals surface area contributed by atoms with Gasteiger partial charge in [0, 0.05) is 72.7 Å². The summed E-state index contributed by atoms with van der Waals surface area (Å²) in [6.45, 7) is 6.63. The molecule has 2 aliphatic heterocycles. The standard InChI is InChI=1S/C25H35N3O.C20H26N4O.ClH/c1-18(2)7-6-8-19-11-13-20(14-12-19)25(29)28-17-22-16-26-27(3)24(22)15-21-9-4-5-10-23(21)28;1-23-19-10-16-4-2-3-5-18(16)24(13-17(19)12-22-23)20(25)15-8-6-14(11-21)7-9-15;/h4-5,9-10,16,18-20H,6-8,11-15,17H2,1-3H3;2-5,12,14-15H,6-11,13,21H2,1H3;1H. The third-order valence-corrected chi connectivity index (χ3v) is 12.9. The van der Waals surface area contributed by atoms with E-state index in [0.717, 1.165) is 86.7 Å². The second-order valence-corrected chi connectivity index (χ2v) is 16.9. The zero-order chi connectivity index (χ0) is 37.8. The first-order valence-corrected chi connectivity index (χ1v) is 20.7. The maximum absolute atomic E-state index is 13.6. The monoisotopic (exact) mass is 767 g/mol. The normalized spacial score (nSPS) is 21.8. The van der Waals surface area contributed by atoms with E-state index < -0.39 is 0 Å². The van der Waals surface area contributed by atoms with Gasteiger partial charge in [0.25, 0.3) is 0 Å². The molecule has 2 N–H and O–H groups in total. The zero-order valence-electron chi connectivity index (χ0n) is 33.5. The molecule has 0 spiro atoms. The molecule has 2 amide bonds. The van der Waals surface area contributed by atoms with Crippen molar-refractivity contribution in [1.82, 2.24) is 19.6 Å². The Bertz CT molecular complexity index is 1900. The summed E-state index contributed by atoms with van der Waals surface area (Å²) in [6, 6.07) is 16.7. The average Bonchev–Trinajstić information content (AvgIpc) is 3.58. The number of nitrogens with zero attached hydrogens (tertiary/aromatic N) is 6. The molecule has 4 aromatic rings. The summed E-state index contributed by atoms with van der Waals surface area (Å²) < 4.78 is 3.90. The summed E-state index contributed by atoms with van der Waals surface area (Å²) in [4.78, 5) is 31.0. The molecule has 9 nitrogen and oxygen atoms in total. The minimum Gasteiger partial charge on any atom is -0.330 e. The SMILES string of the molecule is CC(C)CCCC1CCC(C(=O)N2Cc3cnn(C)c3Cc3ccccc32)CC1.Cl.Cn1ncc2c1Cc1ccccc1N(C(=O)C1CCC(CN)CC1)C2. The number of rotatable bonds is 7. The van der Waals surface area contributed by atoms with E-state index >= 15 is 0 Å². The van der Waals surface area contributed by atoms with Gasteiger partial charge in [0.05, 0.1) is 25.5 Å². The van der Waals surface area contributed by atoms with Crippen molar-refractivity contribution in [1.29, 1.82) is 0 Å². The van der Waals surface area contributed by atoms with E-state index in [9.17, 15) is 9.59 Å². The maximum atomic E-state index is 13.6. The molecule has 10 heteroatoms. The summed E-state index contributed by atoms with van der Waals surface area (Å²) in [5.41, 5.74) is 15.1. The summed E-state index contributed by atoms with van der Waals surface area (Å²) in [7, 11) is 3.98. The Labute approximate surface area is 334 Å². The molecule has 2 aliphatic carbocycles. The number of carbonyl (C=O) groups excluding carboxylic acids is 2. The predicted octanol–water partition coefficient (Wildman–Crippen LogP) is 8.53. The quantitative estimate of drug-likeness (QED) is 0.203. The van der Waals surface area contributed by atoms with Crippen molar-refractivity contribution in [2.75, 3.05) is 16.3 Å². The molecule has 8 rings (SSSR count). The first-order valence-electron chi connectivity index (χ1n) is 20.7. The fourth-order valence-electron chi connectivity index (χ4n) is 9.45. The molecule has 296 valence electrons. The van der Waals surface area contributed by atoms with Crippen molar-refractivity contribution in [2.24, 2.45) is 49.4 Å². The van der Waals surface area contributed by atoms with Crippen LogP contribution in [0.1, 0.15) is 118 Å². The smallest absolute Gasteiger partial charge is 0.230 e. The van der Waals surface area contributed by atoms with Gasteiger partial charge in [-0.1, -0.05) is 69.5 Å². The molecule has 55 heavy (non-hydrogen) atoms. The summed E-state index contributed by atoms with van der Waals surface area (Å²) in [5.74, 6) is 3.07. The number of hydrogen-bond acceptors (Lipinski definition) is 5. The van der Waals surface area contributed by atoms with Crippen molar-refractivity contribution >= 4 is 35.6 Å². The lowest BCUT2D eigenvalue weighted by Crippen LogP contribution is -2.38. The Morgan fingerprint density at radius 1 is 0.673 bits per heavy atom. The van der Waals surface area contributed by atoms with Gasteiger partial charge in [-0.05, 0) is 98.9 Å². The van der Waals surface area contributed by atoms with E-state index in [0.29, 0.717) is 24.9 Å². The summed E-state index contributed by atoms with van der Waals surface area (Å²) >= 11 is 0. The number of fused-ring (bicyclic) bond motifs is 4. The van der Waals surface area contributed by atoms with Gasteiger partial charge in [0.1, 0.15) is 0 Å². The number of amides is 2. The average molecular weight is 768 g/mol. The Kier molecular flexibility index (Phi) is 13.6. The van der Waals surface area contributed by atoms with E-state index in [2.05, 4.69) is 66.5 Å². The highest BCUT2D eigenvalue weighted by molar-refractivity contribution is 5.97.